The number of aryl methyl sites for hydroxylation is 1. The molecule has 5 heteroatoms. The molecular formula is C22H19NO3S. The zero-order chi connectivity index (χ0) is 19.0. The number of aromatic nitrogens is 1. The zero-order valence-corrected chi connectivity index (χ0v) is 16.2. The summed E-state index contributed by atoms with van der Waals surface area (Å²) in [7, 11) is 1.63. The van der Waals surface area contributed by atoms with Gasteiger partial charge >= 0.3 is 5.63 Å². The average molecular weight is 377 g/mol. The molecule has 2 aromatic carbocycles. The average Bonchev–Trinajstić information content (AvgIpc) is 3.14. The van der Waals surface area contributed by atoms with Crippen molar-refractivity contribution >= 4 is 22.3 Å². The lowest BCUT2D eigenvalue weighted by atomic mass is 10.0. The maximum Gasteiger partial charge on any atom is 0.339 e. The van der Waals surface area contributed by atoms with Gasteiger partial charge in [0.25, 0.3) is 0 Å². The fourth-order valence-corrected chi connectivity index (χ4v) is 4.00. The third kappa shape index (κ3) is 3.26. The lowest BCUT2D eigenvalue weighted by Crippen LogP contribution is -2.06. The van der Waals surface area contributed by atoms with E-state index >= 15 is 0 Å². The van der Waals surface area contributed by atoms with E-state index < -0.39 is 0 Å². The Hall–Kier alpha value is -2.92. The van der Waals surface area contributed by atoms with Crippen molar-refractivity contribution in [2.75, 3.05) is 7.11 Å². The molecule has 136 valence electrons. The summed E-state index contributed by atoms with van der Waals surface area (Å²) in [6.45, 7) is 3.68. The van der Waals surface area contributed by atoms with E-state index in [1.54, 1.807) is 25.4 Å². The van der Waals surface area contributed by atoms with Crippen LogP contribution in [0, 0.1) is 13.8 Å². The Morgan fingerprint density at radius 1 is 1.11 bits per heavy atom. The molecule has 0 aliphatic carbocycles. The molecule has 0 fully saturated rings. The van der Waals surface area contributed by atoms with Crippen LogP contribution < -0.4 is 10.4 Å². The van der Waals surface area contributed by atoms with Gasteiger partial charge in [-0.3, -0.25) is 0 Å². The van der Waals surface area contributed by atoms with Crippen molar-refractivity contribution in [3.63, 3.8) is 0 Å². The lowest BCUT2D eigenvalue weighted by molar-refractivity contribution is 0.418. The summed E-state index contributed by atoms with van der Waals surface area (Å²) in [6.07, 6.45) is 0.795. The van der Waals surface area contributed by atoms with Crippen molar-refractivity contribution in [3.05, 3.63) is 80.0 Å². The molecular weight excluding hydrogens is 358 g/mol. The highest BCUT2D eigenvalue weighted by Gasteiger charge is 2.15. The Labute approximate surface area is 161 Å². The van der Waals surface area contributed by atoms with Gasteiger partial charge in [-0.2, -0.15) is 0 Å². The minimum absolute atomic E-state index is 0.317. The highest BCUT2D eigenvalue weighted by atomic mass is 32.1. The number of hydrogen-bond donors (Lipinski definition) is 0. The molecule has 0 saturated heterocycles. The maximum absolute atomic E-state index is 12.1. The van der Waals surface area contributed by atoms with Crippen LogP contribution in [-0.4, -0.2) is 12.1 Å². The molecule has 0 aliphatic heterocycles. The second kappa shape index (κ2) is 7.00. The standard InChI is InChI=1S/C22H19NO3S/c1-13-14(2)22(24)26-19-11-16(10-18(25-3)21(13)19)17-12-27-20(23-17)9-15-7-5-4-6-8-15/h4-8,10-12H,9H2,1-3H3. The van der Waals surface area contributed by atoms with Crippen molar-refractivity contribution in [1.29, 1.82) is 0 Å². The molecule has 0 aliphatic rings. The van der Waals surface area contributed by atoms with Crippen LogP contribution in [-0.2, 0) is 6.42 Å². The molecule has 0 saturated carbocycles. The van der Waals surface area contributed by atoms with Gasteiger partial charge in [0, 0.05) is 22.9 Å². The van der Waals surface area contributed by atoms with Crippen LogP contribution in [0.3, 0.4) is 0 Å². The van der Waals surface area contributed by atoms with Crippen LogP contribution in [0.2, 0.25) is 0 Å². The molecule has 4 nitrogen and oxygen atoms in total. The van der Waals surface area contributed by atoms with Gasteiger partial charge in [0.15, 0.2) is 0 Å². The van der Waals surface area contributed by atoms with E-state index in [0.717, 1.165) is 33.6 Å². The van der Waals surface area contributed by atoms with Gasteiger partial charge in [-0.25, -0.2) is 9.78 Å². The fraction of sp³-hybridized carbons (Fsp3) is 0.182. The third-order valence-corrected chi connectivity index (χ3v) is 5.63. The first-order chi connectivity index (χ1) is 13.1. The summed E-state index contributed by atoms with van der Waals surface area (Å²) in [5, 5.41) is 3.90. The van der Waals surface area contributed by atoms with Crippen molar-refractivity contribution in [2.24, 2.45) is 0 Å². The molecule has 2 heterocycles. The zero-order valence-electron chi connectivity index (χ0n) is 15.4. The maximum atomic E-state index is 12.1. The number of benzene rings is 2. The van der Waals surface area contributed by atoms with Gasteiger partial charge in [0.2, 0.25) is 0 Å². The summed E-state index contributed by atoms with van der Waals surface area (Å²) in [4.78, 5) is 16.9. The monoisotopic (exact) mass is 377 g/mol. The van der Waals surface area contributed by atoms with E-state index in [1.165, 1.54) is 5.56 Å². The van der Waals surface area contributed by atoms with E-state index in [2.05, 4.69) is 12.1 Å². The summed E-state index contributed by atoms with van der Waals surface area (Å²) >= 11 is 1.62. The molecule has 0 atom stereocenters. The normalized spacial score (nSPS) is 11.1. The van der Waals surface area contributed by atoms with Gasteiger partial charge < -0.3 is 9.15 Å². The summed E-state index contributed by atoms with van der Waals surface area (Å²) in [5.41, 5.74) is 4.65. The third-order valence-electron chi connectivity index (χ3n) is 4.78. The molecule has 0 spiro atoms. The largest absolute Gasteiger partial charge is 0.496 e. The van der Waals surface area contributed by atoms with Crippen molar-refractivity contribution in [1.82, 2.24) is 4.98 Å². The van der Waals surface area contributed by atoms with Gasteiger partial charge in [0.05, 0.1) is 23.2 Å². The predicted molar refractivity (Wildman–Crippen MR) is 109 cm³/mol. The van der Waals surface area contributed by atoms with Crippen LogP contribution >= 0.6 is 11.3 Å². The topological polar surface area (TPSA) is 52.3 Å². The highest BCUT2D eigenvalue weighted by Crippen LogP contribution is 2.35. The number of rotatable bonds is 4. The van der Waals surface area contributed by atoms with E-state index in [0.29, 0.717) is 16.9 Å². The number of nitrogens with zero attached hydrogens (tertiary/aromatic N) is 1. The van der Waals surface area contributed by atoms with Crippen molar-refractivity contribution in [3.8, 4) is 17.0 Å². The number of hydrogen-bond acceptors (Lipinski definition) is 5. The van der Waals surface area contributed by atoms with Crippen LogP contribution in [0.25, 0.3) is 22.2 Å². The van der Waals surface area contributed by atoms with Gasteiger partial charge in [0.1, 0.15) is 11.3 Å². The molecule has 0 amide bonds. The fourth-order valence-electron chi connectivity index (χ4n) is 3.16. The second-order valence-corrected chi connectivity index (χ2v) is 7.42. The number of thiazole rings is 1. The summed E-state index contributed by atoms with van der Waals surface area (Å²) < 4.78 is 11.1. The van der Waals surface area contributed by atoms with Gasteiger partial charge in [-0.15, -0.1) is 11.3 Å². The van der Waals surface area contributed by atoms with Crippen LogP contribution in [0.4, 0.5) is 0 Å². The van der Waals surface area contributed by atoms with Crippen LogP contribution in [0.5, 0.6) is 5.75 Å². The first kappa shape index (κ1) is 17.5. The molecule has 4 aromatic rings. The molecule has 0 N–H and O–H groups in total. The quantitative estimate of drug-likeness (QED) is 0.463. The number of methoxy groups -OCH3 is 1. The minimum atomic E-state index is -0.317. The molecule has 0 radical (unpaired) electrons. The Morgan fingerprint density at radius 2 is 1.89 bits per heavy atom. The minimum Gasteiger partial charge on any atom is -0.496 e. The second-order valence-electron chi connectivity index (χ2n) is 6.48. The smallest absolute Gasteiger partial charge is 0.339 e. The first-order valence-corrected chi connectivity index (χ1v) is 9.55. The SMILES string of the molecule is COc1cc(-c2csc(Cc3ccccc3)n2)cc2oc(=O)c(C)c(C)c12. The predicted octanol–water partition coefficient (Wildman–Crippen LogP) is 5.13. The highest BCUT2D eigenvalue weighted by molar-refractivity contribution is 7.10. The van der Waals surface area contributed by atoms with Crippen molar-refractivity contribution in [2.45, 2.75) is 20.3 Å². The van der Waals surface area contributed by atoms with E-state index in [1.807, 2.05) is 42.6 Å². The Morgan fingerprint density at radius 3 is 2.63 bits per heavy atom. The van der Waals surface area contributed by atoms with Gasteiger partial charge in [-0.05, 0) is 37.1 Å². The molecule has 0 bridgehead atoms. The number of fused-ring (bicyclic) bond motifs is 1. The Kier molecular flexibility index (Phi) is 4.54. The van der Waals surface area contributed by atoms with E-state index in [-0.39, 0.29) is 5.63 Å². The summed E-state index contributed by atoms with van der Waals surface area (Å²) in [6, 6.07) is 14.1. The molecule has 4 rings (SSSR count). The van der Waals surface area contributed by atoms with Crippen LogP contribution in [0.1, 0.15) is 21.7 Å². The molecule has 0 unspecified atom stereocenters. The van der Waals surface area contributed by atoms with Crippen LogP contribution in [0.15, 0.2) is 57.1 Å². The Balaban J connectivity index is 1.78. The lowest BCUT2D eigenvalue weighted by Gasteiger charge is -2.11. The Bertz CT molecular complexity index is 1180. The molecule has 27 heavy (non-hydrogen) atoms. The van der Waals surface area contributed by atoms with E-state index in [9.17, 15) is 4.79 Å². The van der Waals surface area contributed by atoms with Crippen molar-refractivity contribution < 1.29 is 9.15 Å². The number of ether oxygens (including phenoxy) is 1. The molecule has 2 aromatic heterocycles. The summed E-state index contributed by atoms with van der Waals surface area (Å²) in [5.74, 6) is 0.685. The first-order valence-electron chi connectivity index (χ1n) is 8.67. The van der Waals surface area contributed by atoms with E-state index in [4.69, 9.17) is 14.1 Å². The van der Waals surface area contributed by atoms with Gasteiger partial charge in [-0.1, -0.05) is 30.3 Å².